The molecule has 1 N–H and O–H groups in total. The Kier molecular flexibility index (Phi) is 3.94. The Morgan fingerprint density at radius 3 is 2.84 bits per heavy atom. The van der Waals surface area contributed by atoms with Crippen LogP contribution in [0.3, 0.4) is 0 Å². The Morgan fingerprint density at radius 1 is 1.08 bits per heavy atom. The van der Waals surface area contributed by atoms with Gasteiger partial charge in [-0.2, -0.15) is 0 Å². The number of amides is 1. The molecular formula is C21H19N3O. The summed E-state index contributed by atoms with van der Waals surface area (Å²) in [5.41, 5.74) is 4.91. The summed E-state index contributed by atoms with van der Waals surface area (Å²) in [6, 6.07) is 19.7. The van der Waals surface area contributed by atoms with Crippen LogP contribution in [-0.2, 0) is 6.42 Å². The highest BCUT2D eigenvalue weighted by molar-refractivity contribution is 6.08. The number of para-hydroxylation sites is 1. The molecule has 0 unspecified atom stereocenters. The van der Waals surface area contributed by atoms with E-state index in [2.05, 4.69) is 27.3 Å². The Labute approximate surface area is 147 Å². The topological polar surface area (TPSA) is 45.2 Å². The van der Waals surface area contributed by atoms with Gasteiger partial charge in [-0.25, -0.2) is 4.98 Å². The summed E-state index contributed by atoms with van der Waals surface area (Å²) in [6.07, 6.45) is 2.70. The van der Waals surface area contributed by atoms with Crippen molar-refractivity contribution in [3.05, 3.63) is 83.6 Å². The van der Waals surface area contributed by atoms with Crippen molar-refractivity contribution in [2.24, 2.45) is 0 Å². The molecule has 0 atom stereocenters. The van der Waals surface area contributed by atoms with Crippen LogP contribution in [0.5, 0.6) is 0 Å². The van der Waals surface area contributed by atoms with Crippen LogP contribution in [0, 0.1) is 6.92 Å². The summed E-state index contributed by atoms with van der Waals surface area (Å²) >= 11 is 0. The minimum Gasteiger partial charge on any atom is -0.325 e. The van der Waals surface area contributed by atoms with Gasteiger partial charge in [-0.3, -0.25) is 4.79 Å². The van der Waals surface area contributed by atoms with Gasteiger partial charge in [0.15, 0.2) is 0 Å². The molecule has 2 aromatic carbocycles. The predicted molar refractivity (Wildman–Crippen MR) is 101 cm³/mol. The molecule has 0 bridgehead atoms. The van der Waals surface area contributed by atoms with Crippen LogP contribution >= 0.6 is 0 Å². The van der Waals surface area contributed by atoms with Crippen molar-refractivity contribution >= 4 is 23.1 Å². The van der Waals surface area contributed by atoms with E-state index in [1.165, 1.54) is 5.56 Å². The standard InChI is InChI=1S/C21H19N3O/c1-15-6-4-8-17(14-15)23-21(25)18-9-5-12-22-20(18)24-13-11-16-7-2-3-10-19(16)24/h2-10,12,14H,11,13H2,1H3,(H,23,25). The van der Waals surface area contributed by atoms with E-state index >= 15 is 0 Å². The van der Waals surface area contributed by atoms with Gasteiger partial charge in [0.1, 0.15) is 5.82 Å². The highest BCUT2D eigenvalue weighted by Gasteiger charge is 2.25. The lowest BCUT2D eigenvalue weighted by Crippen LogP contribution is -2.21. The average molecular weight is 329 g/mol. The molecular weight excluding hydrogens is 310 g/mol. The predicted octanol–water partition coefficient (Wildman–Crippen LogP) is 4.34. The lowest BCUT2D eigenvalue weighted by molar-refractivity contribution is 0.102. The third-order valence-electron chi connectivity index (χ3n) is 4.45. The van der Waals surface area contributed by atoms with Crippen molar-refractivity contribution < 1.29 is 4.79 Å². The van der Waals surface area contributed by atoms with Crippen molar-refractivity contribution in [2.75, 3.05) is 16.8 Å². The van der Waals surface area contributed by atoms with Gasteiger partial charge in [-0.1, -0.05) is 30.3 Å². The van der Waals surface area contributed by atoms with Gasteiger partial charge >= 0.3 is 0 Å². The van der Waals surface area contributed by atoms with E-state index in [-0.39, 0.29) is 5.91 Å². The molecule has 4 heteroatoms. The molecule has 4 nitrogen and oxygen atoms in total. The van der Waals surface area contributed by atoms with Gasteiger partial charge in [0.25, 0.3) is 5.91 Å². The molecule has 0 fully saturated rings. The quantitative estimate of drug-likeness (QED) is 0.777. The molecule has 25 heavy (non-hydrogen) atoms. The van der Waals surface area contributed by atoms with Crippen molar-refractivity contribution in [1.82, 2.24) is 4.98 Å². The maximum Gasteiger partial charge on any atom is 0.259 e. The van der Waals surface area contributed by atoms with Crippen LogP contribution < -0.4 is 10.2 Å². The summed E-state index contributed by atoms with van der Waals surface area (Å²) < 4.78 is 0. The van der Waals surface area contributed by atoms with Crippen LogP contribution in [0.15, 0.2) is 66.9 Å². The highest BCUT2D eigenvalue weighted by Crippen LogP contribution is 2.34. The van der Waals surface area contributed by atoms with Gasteiger partial charge in [-0.05, 0) is 54.8 Å². The second-order valence-electron chi connectivity index (χ2n) is 6.23. The van der Waals surface area contributed by atoms with E-state index in [0.717, 1.165) is 29.9 Å². The smallest absolute Gasteiger partial charge is 0.259 e. The monoisotopic (exact) mass is 329 g/mol. The fourth-order valence-corrected chi connectivity index (χ4v) is 3.27. The Balaban J connectivity index is 1.67. The number of anilines is 3. The second kappa shape index (κ2) is 6.40. The minimum atomic E-state index is -0.141. The minimum absolute atomic E-state index is 0.141. The number of benzene rings is 2. The van der Waals surface area contributed by atoms with Crippen molar-refractivity contribution in [3.8, 4) is 0 Å². The Morgan fingerprint density at radius 2 is 1.96 bits per heavy atom. The number of fused-ring (bicyclic) bond motifs is 1. The first-order chi connectivity index (χ1) is 12.2. The first-order valence-corrected chi connectivity index (χ1v) is 8.41. The molecule has 124 valence electrons. The Hall–Kier alpha value is -3.14. The van der Waals surface area contributed by atoms with Gasteiger partial charge in [-0.15, -0.1) is 0 Å². The third-order valence-corrected chi connectivity index (χ3v) is 4.45. The first kappa shape index (κ1) is 15.4. The SMILES string of the molecule is Cc1cccc(NC(=O)c2cccnc2N2CCc3ccccc32)c1. The van der Waals surface area contributed by atoms with Gasteiger partial charge < -0.3 is 10.2 Å². The van der Waals surface area contributed by atoms with Crippen LogP contribution in [0.25, 0.3) is 0 Å². The molecule has 3 aromatic rings. The Bertz CT molecular complexity index is 936. The van der Waals surface area contributed by atoms with Gasteiger partial charge in [0.2, 0.25) is 0 Å². The molecule has 1 amide bonds. The normalized spacial score (nSPS) is 12.8. The van der Waals surface area contributed by atoms with E-state index < -0.39 is 0 Å². The zero-order valence-electron chi connectivity index (χ0n) is 14.1. The number of hydrogen-bond acceptors (Lipinski definition) is 3. The number of carbonyl (C=O) groups excluding carboxylic acids is 1. The van der Waals surface area contributed by atoms with Crippen LogP contribution in [0.1, 0.15) is 21.5 Å². The maximum atomic E-state index is 12.8. The van der Waals surface area contributed by atoms with Gasteiger partial charge in [0.05, 0.1) is 5.56 Å². The van der Waals surface area contributed by atoms with Crippen LogP contribution in [0.4, 0.5) is 17.2 Å². The van der Waals surface area contributed by atoms with Gasteiger partial charge in [0, 0.05) is 24.1 Å². The summed E-state index contributed by atoms with van der Waals surface area (Å²) in [6.45, 7) is 2.84. The zero-order valence-corrected chi connectivity index (χ0v) is 14.1. The number of aromatic nitrogens is 1. The number of carbonyl (C=O) groups is 1. The zero-order chi connectivity index (χ0) is 17.2. The fraction of sp³-hybridized carbons (Fsp3) is 0.143. The molecule has 1 aliphatic heterocycles. The van der Waals surface area contributed by atoms with Crippen molar-refractivity contribution in [2.45, 2.75) is 13.3 Å². The van der Waals surface area contributed by atoms with Crippen molar-refractivity contribution in [3.63, 3.8) is 0 Å². The second-order valence-corrected chi connectivity index (χ2v) is 6.23. The number of nitrogens with one attached hydrogen (secondary N) is 1. The molecule has 0 saturated heterocycles. The lowest BCUT2D eigenvalue weighted by atomic mass is 10.1. The molecule has 1 aliphatic rings. The molecule has 1 aromatic heterocycles. The largest absolute Gasteiger partial charge is 0.325 e. The summed E-state index contributed by atoms with van der Waals surface area (Å²) in [5, 5.41) is 2.98. The number of nitrogens with zero attached hydrogens (tertiary/aromatic N) is 2. The number of hydrogen-bond donors (Lipinski definition) is 1. The average Bonchev–Trinajstić information content (AvgIpc) is 3.06. The third kappa shape index (κ3) is 2.98. The molecule has 0 aliphatic carbocycles. The number of aryl methyl sites for hydroxylation is 1. The molecule has 0 radical (unpaired) electrons. The first-order valence-electron chi connectivity index (χ1n) is 8.41. The molecule has 0 spiro atoms. The van der Waals surface area contributed by atoms with E-state index in [4.69, 9.17) is 0 Å². The highest BCUT2D eigenvalue weighted by atomic mass is 16.1. The van der Waals surface area contributed by atoms with Crippen LogP contribution in [0.2, 0.25) is 0 Å². The van der Waals surface area contributed by atoms with Crippen molar-refractivity contribution in [1.29, 1.82) is 0 Å². The summed E-state index contributed by atoms with van der Waals surface area (Å²) in [4.78, 5) is 19.5. The number of pyridine rings is 1. The fourth-order valence-electron chi connectivity index (χ4n) is 3.27. The number of rotatable bonds is 3. The van der Waals surface area contributed by atoms with E-state index in [1.54, 1.807) is 12.3 Å². The molecule has 2 heterocycles. The summed E-state index contributed by atoms with van der Waals surface area (Å²) in [7, 11) is 0. The van der Waals surface area contributed by atoms with E-state index in [0.29, 0.717) is 11.4 Å². The van der Waals surface area contributed by atoms with Crippen LogP contribution in [-0.4, -0.2) is 17.4 Å². The summed E-state index contributed by atoms with van der Waals surface area (Å²) in [5.74, 6) is 0.565. The molecule has 4 rings (SSSR count). The van der Waals surface area contributed by atoms with E-state index in [1.807, 2.05) is 49.4 Å². The van der Waals surface area contributed by atoms with E-state index in [9.17, 15) is 4.79 Å². The maximum absolute atomic E-state index is 12.8. The molecule has 0 saturated carbocycles. The lowest BCUT2D eigenvalue weighted by Gasteiger charge is -2.21.